The number of ether oxygens (including phenoxy) is 1. The van der Waals surface area contributed by atoms with Crippen LogP contribution in [0.1, 0.15) is 40.1 Å². The minimum Gasteiger partial charge on any atom is -0.487 e. The summed E-state index contributed by atoms with van der Waals surface area (Å²) < 4.78 is 34.8. The number of carbonyl (C=O) groups excluding carboxylic acids is 1. The van der Waals surface area contributed by atoms with Gasteiger partial charge in [-0.05, 0) is 49.7 Å². The lowest BCUT2D eigenvalue weighted by Gasteiger charge is -2.15. The largest absolute Gasteiger partial charge is 0.487 e. The minimum absolute atomic E-state index is 0.212. The van der Waals surface area contributed by atoms with Gasteiger partial charge in [0.05, 0.1) is 11.7 Å². The van der Waals surface area contributed by atoms with Gasteiger partial charge in [-0.1, -0.05) is 18.2 Å². The Kier molecular flexibility index (Phi) is 5.66. The lowest BCUT2D eigenvalue weighted by Crippen LogP contribution is -2.27. The summed E-state index contributed by atoms with van der Waals surface area (Å²) in [6.07, 6.45) is 3.89. The molecule has 0 saturated heterocycles. The molecule has 7 heteroatoms. The van der Waals surface area contributed by atoms with Crippen LogP contribution >= 0.6 is 0 Å². The predicted molar refractivity (Wildman–Crippen MR) is 113 cm³/mol. The Labute approximate surface area is 178 Å². The van der Waals surface area contributed by atoms with E-state index in [1.54, 1.807) is 31.2 Å². The molecule has 4 rings (SSSR count). The average Bonchev–Trinajstić information content (AvgIpc) is 3.14. The molecule has 2 heterocycles. The van der Waals surface area contributed by atoms with Gasteiger partial charge in [-0.2, -0.15) is 0 Å². The monoisotopic (exact) mass is 421 g/mol. The predicted octanol–water partition coefficient (Wildman–Crippen LogP) is 4.99. The molecule has 0 aliphatic heterocycles. The van der Waals surface area contributed by atoms with Gasteiger partial charge in [0.25, 0.3) is 5.91 Å². The fourth-order valence-corrected chi connectivity index (χ4v) is 3.32. The minimum atomic E-state index is -0.701. The zero-order valence-electron chi connectivity index (χ0n) is 17.1. The highest BCUT2D eigenvalue weighted by molar-refractivity contribution is 5.94. The molecule has 0 bridgehead atoms. The van der Waals surface area contributed by atoms with Crippen LogP contribution in [0.5, 0.6) is 5.75 Å². The molecular formula is C24H21F2N3O2. The summed E-state index contributed by atoms with van der Waals surface area (Å²) in [5.41, 5.74) is 3.31. The van der Waals surface area contributed by atoms with Crippen LogP contribution in [0, 0.1) is 18.6 Å². The third-order valence-corrected chi connectivity index (χ3v) is 4.91. The Morgan fingerprint density at radius 2 is 1.97 bits per heavy atom. The van der Waals surface area contributed by atoms with Gasteiger partial charge in [-0.25, -0.2) is 13.8 Å². The fourth-order valence-electron chi connectivity index (χ4n) is 3.32. The Hall–Kier alpha value is -3.74. The first-order valence-corrected chi connectivity index (χ1v) is 9.82. The number of aryl methyl sites for hydroxylation is 1. The Morgan fingerprint density at radius 3 is 2.77 bits per heavy atom. The summed E-state index contributed by atoms with van der Waals surface area (Å²) in [6, 6.07) is 13.3. The Bertz CT molecular complexity index is 1250. The maximum atomic E-state index is 14.0. The van der Waals surface area contributed by atoms with Crippen LogP contribution in [0.25, 0.3) is 5.65 Å². The normalized spacial score (nSPS) is 12.0. The van der Waals surface area contributed by atoms with E-state index in [0.717, 1.165) is 29.0 Å². The van der Waals surface area contributed by atoms with Crippen molar-refractivity contribution in [3.05, 3.63) is 101 Å². The Morgan fingerprint density at radius 1 is 1.13 bits per heavy atom. The van der Waals surface area contributed by atoms with E-state index in [4.69, 9.17) is 4.74 Å². The zero-order valence-corrected chi connectivity index (χ0v) is 17.1. The lowest BCUT2D eigenvalue weighted by molar-refractivity contribution is 0.0939. The molecule has 0 radical (unpaired) electrons. The van der Waals surface area contributed by atoms with Crippen molar-refractivity contribution < 1.29 is 18.3 Å². The molecule has 2 aromatic heterocycles. The van der Waals surface area contributed by atoms with Crippen LogP contribution in [0.2, 0.25) is 0 Å². The summed E-state index contributed by atoms with van der Waals surface area (Å²) in [7, 11) is 0. The van der Waals surface area contributed by atoms with E-state index in [0.29, 0.717) is 11.3 Å². The van der Waals surface area contributed by atoms with Crippen LogP contribution in [0.4, 0.5) is 8.78 Å². The number of hydrogen-bond donors (Lipinski definition) is 1. The van der Waals surface area contributed by atoms with Gasteiger partial charge in [0, 0.05) is 29.6 Å². The van der Waals surface area contributed by atoms with Gasteiger partial charge in [-0.15, -0.1) is 0 Å². The molecule has 0 fully saturated rings. The highest BCUT2D eigenvalue weighted by Gasteiger charge is 2.16. The van der Waals surface area contributed by atoms with Crippen LogP contribution in [0.15, 0.2) is 67.0 Å². The topological polar surface area (TPSA) is 55.6 Å². The maximum absolute atomic E-state index is 14.0. The number of hydrogen-bond acceptors (Lipinski definition) is 3. The van der Waals surface area contributed by atoms with Crippen LogP contribution in [-0.2, 0) is 6.61 Å². The number of imidazole rings is 1. The number of rotatable bonds is 6. The lowest BCUT2D eigenvalue weighted by atomic mass is 10.1. The molecular weight excluding hydrogens is 400 g/mol. The van der Waals surface area contributed by atoms with E-state index in [1.807, 2.05) is 35.9 Å². The van der Waals surface area contributed by atoms with E-state index < -0.39 is 17.7 Å². The summed E-state index contributed by atoms with van der Waals surface area (Å²) in [6.45, 7) is 3.90. The number of nitrogens with zero attached hydrogens (tertiary/aromatic N) is 2. The van der Waals surface area contributed by atoms with Crippen molar-refractivity contribution >= 4 is 11.6 Å². The average molecular weight is 421 g/mol. The van der Waals surface area contributed by atoms with Crippen molar-refractivity contribution in [2.75, 3.05) is 0 Å². The van der Waals surface area contributed by atoms with Crippen LogP contribution in [-0.4, -0.2) is 15.3 Å². The SMILES string of the molecule is Cc1ccc2nc(COc3cccc(C(=O)NC(C)c4ccc(F)cc4F)c3)cn2c1. The van der Waals surface area contributed by atoms with Crippen molar-refractivity contribution in [2.24, 2.45) is 0 Å². The molecule has 1 amide bonds. The van der Waals surface area contributed by atoms with E-state index in [2.05, 4.69) is 10.3 Å². The van der Waals surface area contributed by atoms with Crippen molar-refractivity contribution in [2.45, 2.75) is 26.5 Å². The molecule has 2 aromatic carbocycles. The summed E-state index contributed by atoms with van der Waals surface area (Å²) in [4.78, 5) is 17.1. The number of pyridine rings is 1. The first-order valence-electron chi connectivity index (χ1n) is 9.82. The Balaban J connectivity index is 1.42. The molecule has 1 N–H and O–H groups in total. The number of aromatic nitrogens is 2. The molecule has 158 valence electrons. The van der Waals surface area contributed by atoms with Crippen molar-refractivity contribution in [1.29, 1.82) is 0 Å². The van der Waals surface area contributed by atoms with Crippen LogP contribution < -0.4 is 10.1 Å². The molecule has 0 spiro atoms. The van der Waals surface area contributed by atoms with Crippen LogP contribution in [0.3, 0.4) is 0 Å². The first kappa shape index (κ1) is 20.5. The zero-order chi connectivity index (χ0) is 22.0. The number of halogens is 2. The van der Waals surface area contributed by atoms with Gasteiger partial charge >= 0.3 is 0 Å². The summed E-state index contributed by atoms with van der Waals surface area (Å²) in [5.74, 6) is -1.23. The van der Waals surface area contributed by atoms with Crippen molar-refractivity contribution in [1.82, 2.24) is 14.7 Å². The quantitative estimate of drug-likeness (QED) is 0.477. The van der Waals surface area contributed by atoms with Gasteiger partial charge in [0.15, 0.2) is 0 Å². The van der Waals surface area contributed by atoms with Gasteiger partial charge in [0.1, 0.15) is 29.6 Å². The molecule has 0 aliphatic carbocycles. The van der Waals surface area contributed by atoms with Gasteiger partial charge in [0.2, 0.25) is 0 Å². The molecule has 1 unspecified atom stereocenters. The highest BCUT2D eigenvalue weighted by Crippen LogP contribution is 2.20. The van der Waals surface area contributed by atoms with Crippen molar-refractivity contribution in [3.8, 4) is 5.75 Å². The molecule has 1 atom stereocenters. The van der Waals surface area contributed by atoms with E-state index in [1.165, 1.54) is 6.07 Å². The highest BCUT2D eigenvalue weighted by atomic mass is 19.1. The molecule has 0 aliphatic rings. The van der Waals surface area contributed by atoms with E-state index >= 15 is 0 Å². The third kappa shape index (κ3) is 4.71. The van der Waals surface area contributed by atoms with Crippen molar-refractivity contribution in [3.63, 3.8) is 0 Å². The second-order valence-corrected chi connectivity index (χ2v) is 7.38. The summed E-state index contributed by atoms with van der Waals surface area (Å²) >= 11 is 0. The first-order chi connectivity index (χ1) is 14.9. The number of nitrogens with one attached hydrogen (secondary N) is 1. The second kappa shape index (κ2) is 8.55. The number of benzene rings is 2. The molecule has 4 aromatic rings. The second-order valence-electron chi connectivity index (χ2n) is 7.38. The number of amides is 1. The molecule has 31 heavy (non-hydrogen) atoms. The van der Waals surface area contributed by atoms with Gasteiger partial charge < -0.3 is 14.5 Å². The summed E-state index contributed by atoms with van der Waals surface area (Å²) in [5, 5.41) is 2.72. The molecule has 0 saturated carbocycles. The van der Waals surface area contributed by atoms with E-state index in [9.17, 15) is 13.6 Å². The third-order valence-electron chi connectivity index (χ3n) is 4.91. The van der Waals surface area contributed by atoms with E-state index in [-0.39, 0.29) is 18.1 Å². The smallest absolute Gasteiger partial charge is 0.251 e. The molecule has 5 nitrogen and oxygen atoms in total. The number of fused-ring (bicyclic) bond motifs is 1. The van der Waals surface area contributed by atoms with Gasteiger partial charge in [-0.3, -0.25) is 4.79 Å². The standard InChI is InChI=1S/C24H21F2N3O2/c1-15-6-9-23-28-19(13-29(23)12-15)14-31-20-5-3-4-17(10-20)24(30)27-16(2)21-8-7-18(25)11-22(21)26/h3-13,16H,14H2,1-2H3,(H,27,30). The maximum Gasteiger partial charge on any atom is 0.251 e. The fraction of sp³-hybridized carbons (Fsp3) is 0.167. The number of carbonyl (C=O) groups is 1.